The van der Waals surface area contributed by atoms with E-state index in [1.807, 2.05) is 36.4 Å². The van der Waals surface area contributed by atoms with E-state index in [0.717, 1.165) is 17.0 Å². The molecule has 0 fully saturated rings. The Morgan fingerprint density at radius 2 is 1.86 bits per heavy atom. The smallest absolute Gasteiger partial charge is 0.291 e. The Hall–Kier alpha value is -3.01. The number of rotatable bonds is 4. The van der Waals surface area contributed by atoms with E-state index in [1.165, 1.54) is 11.3 Å². The fourth-order valence-corrected chi connectivity index (χ4v) is 4.02. The highest BCUT2D eigenvalue weighted by Crippen LogP contribution is 2.32. The SMILES string of the molecule is COc1ccc(-c2n[nH]c(=O)c3nc(NC(=S)Nc4ccc(Cl)cc4)sc23)cc1. The summed E-state index contributed by atoms with van der Waals surface area (Å²) in [5, 5.41) is 14.2. The van der Waals surface area contributed by atoms with Gasteiger partial charge in [-0.25, -0.2) is 10.1 Å². The van der Waals surface area contributed by atoms with E-state index in [0.29, 0.717) is 31.2 Å². The molecule has 0 atom stereocenters. The number of hydrogen-bond donors (Lipinski definition) is 3. The van der Waals surface area contributed by atoms with Crippen LogP contribution < -0.4 is 20.9 Å². The fraction of sp³-hybridized carbons (Fsp3) is 0.0526. The molecular weight excluding hydrogens is 430 g/mol. The van der Waals surface area contributed by atoms with Crippen molar-refractivity contribution in [2.24, 2.45) is 0 Å². The second-order valence-corrected chi connectivity index (χ2v) is 7.76. The van der Waals surface area contributed by atoms with Crippen LogP contribution in [0.25, 0.3) is 21.5 Å². The highest BCUT2D eigenvalue weighted by molar-refractivity contribution is 7.80. The molecule has 4 rings (SSSR count). The summed E-state index contributed by atoms with van der Waals surface area (Å²) in [4.78, 5) is 16.6. The van der Waals surface area contributed by atoms with Gasteiger partial charge in [0, 0.05) is 16.3 Å². The van der Waals surface area contributed by atoms with Gasteiger partial charge in [-0.3, -0.25) is 4.79 Å². The Morgan fingerprint density at radius 3 is 2.55 bits per heavy atom. The summed E-state index contributed by atoms with van der Waals surface area (Å²) in [5.74, 6) is 0.736. The summed E-state index contributed by atoms with van der Waals surface area (Å²) >= 11 is 12.5. The van der Waals surface area contributed by atoms with Crippen LogP contribution in [0, 0.1) is 0 Å². The minimum atomic E-state index is -0.363. The van der Waals surface area contributed by atoms with E-state index < -0.39 is 0 Å². The van der Waals surface area contributed by atoms with Crippen LogP contribution in [-0.4, -0.2) is 27.4 Å². The van der Waals surface area contributed by atoms with Crippen LogP contribution in [0.15, 0.2) is 53.3 Å². The van der Waals surface area contributed by atoms with E-state index in [4.69, 9.17) is 28.6 Å². The molecule has 0 unspecified atom stereocenters. The number of ether oxygens (including phenoxy) is 1. The van der Waals surface area contributed by atoms with Gasteiger partial charge in [0.25, 0.3) is 5.56 Å². The van der Waals surface area contributed by atoms with Crippen molar-refractivity contribution in [2.75, 3.05) is 17.7 Å². The van der Waals surface area contributed by atoms with Crippen LogP contribution in [0.4, 0.5) is 10.8 Å². The molecule has 0 bridgehead atoms. The number of methoxy groups -OCH3 is 1. The third-order valence-corrected chi connectivity index (χ3v) is 5.45. The van der Waals surface area contributed by atoms with Gasteiger partial charge in [-0.2, -0.15) is 5.10 Å². The third kappa shape index (κ3) is 4.21. The van der Waals surface area contributed by atoms with Gasteiger partial charge < -0.3 is 15.4 Å². The standard InChI is InChI=1S/C19H14ClN5O2S2/c1-27-13-8-2-10(3-9-13)14-16-15(17(26)25-24-14)22-19(29-16)23-18(28)21-12-6-4-11(20)5-7-12/h2-9H,1H3,(H,25,26)(H2,21,22,23,28). The first kappa shape index (κ1) is 19.3. The van der Waals surface area contributed by atoms with Crippen LogP contribution in [0.5, 0.6) is 5.75 Å². The van der Waals surface area contributed by atoms with Gasteiger partial charge in [-0.1, -0.05) is 22.9 Å². The number of aromatic nitrogens is 3. The number of thiocarbonyl (C=S) groups is 1. The first-order valence-electron chi connectivity index (χ1n) is 8.41. The highest BCUT2D eigenvalue weighted by atomic mass is 35.5. The van der Waals surface area contributed by atoms with Crippen molar-refractivity contribution in [3.05, 3.63) is 63.9 Å². The number of aromatic amines is 1. The summed E-state index contributed by atoms with van der Waals surface area (Å²) < 4.78 is 5.85. The molecule has 2 aromatic heterocycles. The third-order valence-electron chi connectivity index (χ3n) is 4.01. The predicted octanol–water partition coefficient (Wildman–Crippen LogP) is 4.52. The van der Waals surface area contributed by atoms with Gasteiger partial charge in [0.1, 0.15) is 11.4 Å². The number of fused-ring (bicyclic) bond motifs is 1. The monoisotopic (exact) mass is 443 g/mol. The summed E-state index contributed by atoms with van der Waals surface area (Å²) in [5.41, 5.74) is 2.19. The number of thiazole rings is 1. The largest absolute Gasteiger partial charge is 0.497 e. The van der Waals surface area contributed by atoms with Crippen molar-refractivity contribution < 1.29 is 4.74 Å². The number of hydrogen-bond acceptors (Lipinski definition) is 6. The zero-order chi connectivity index (χ0) is 20.4. The second-order valence-electron chi connectivity index (χ2n) is 5.91. The Morgan fingerprint density at radius 1 is 1.14 bits per heavy atom. The summed E-state index contributed by atoms with van der Waals surface area (Å²) in [6.07, 6.45) is 0. The number of halogens is 1. The maximum absolute atomic E-state index is 12.2. The van der Waals surface area contributed by atoms with Crippen molar-refractivity contribution in [3.8, 4) is 17.0 Å². The van der Waals surface area contributed by atoms with E-state index in [2.05, 4.69) is 25.8 Å². The lowest BCUT2D eigenvalue weighted by atomic mass is 10.1. The quantitative estimate of drug-likeness (QED) is 0.399. The van der Waals surface area contributed by atoms with Crippen LogP contribution in [0.3, 0.4) is 0 Å². The van der Waals surface area contributed by atoms with Gasteiger partial charge in [0.2, 0.25) is 0 Å². The molecule has 3 N–H and O–H groups in total. The molecular formula is C19H14ClN5O2S2. The van der Waals surface area contributed by atoms with Gasteiger partial charge in [0.05, 0.1) is 11.8 Å². The van der Waals surface area contributed by atoms with Crippen molar-refractivity contribution in [1.82, 2.24) is 15.2 Å². The van der Waals surface area contributed by atoms with E-state index >= 15 is 0 Å². The van der Waals surface area contributed by atoms with E-state index in [1.54, 1.807) is 19.2 Å². The maximum Gasteiger partial charge on any atom is 0.291 e. The average molecular weight is 444 g/mol. The van der Waals surface area contributed by atoms with Crippen molar-refractivity contribution in [1.29, 1.82) is 0 Å². The van der Waals surface area contributed by atoms with Crippen LogP contribution in [0.2, 0.25) is 5.02 Å². The molecule has 0 radical (unpaired) electrons. The average Bonchev–Trinajstić information content (AvgIpc) is 3.14. The molecule has 0 amide bonds. The lowest BCUT2D eigenvalue weighted by molar-refractivity contribution is 0.415. The maximum atomic E-state index is 12.2. The normalized spacial score (nSPS) is 10.7. The zero-order valence-corrected chi connectivity index (χ0v) is 17.4. The molecule has 10 heteroatoms. The van der Waals surface area contributed by atoms with E-state index in [9.17, 15) is 4.79 Å². The molecule has 4 aromatic rings. The minimum Gasteiger partial charge on any atom is -0.497 e. The fourth-order valence-electron chi connectivity index (χ4n) is 2.64. The van der Waals surface area contributed by atoms with Crippen LogP contribution in [0.1, 0.15) is 0 Å². The summed E-state index contributed by atoms with van der Waals surface area (Å²) in [6, 6.07) is 14.6. The highest BCUT2D eigenvalue weighted by Gasteiger charge is 2.15. The lowest BCUT2D eigenvalue weighted by Crippen LogP contribution is -2.19. The van der Waals surface area contributed by atoms with Gasteiger partial charge >= 0.3 is 0 Å². The van der Waals surface area contributed by atoms with Crippen LogP contribution >= 0.6 is 35.2 Å². The van der Waals surface area contributed by atoms with E-state index in [-0.39, 0.29) is 5.56 Å². The second kappa shape index (κ2) is 8.16. The number of nitrogens with zero attached hydrogens (tertiary/aromatic N) is 2. The molecule has 7 nitrogen and oxygen atoms in total. The van der Waals surface area contributed by atoms with Crippen molar-refractivity contribution >= 4 is 61.3 Å². The zero-order valence-electron chi connectivity index (χ0n) is 15.0. The molecule has 29 heavy (non-hydrogen) atoms. The molecule has 0 saturated heterocycles. The molecule has 2 heterocycles. The minimum absolute atomic E-state index is 0.299. The first-order valence-corrected chi connectivity index (χ1v) is 10.0. The molecule has 0 aliphatic heterocycles. The predicted molar refractivity (Wildman–Crippen MR) is 121 cm³/mol. The number of nitrogens with one attached hydrogen (secondary N) is 3. The Kier molecular flexibility index (Phi) is 5.43. The topological polar surface area (TPSA) is 91.9 Å². The number of benzene rings is 2. The molecule has 0 aliphatic carbocycles. The molecule has 0 aliphatic rings. The van der Waals surface area contributed by atoms with Crippen LogP contribution in [-0.2, 0) is 0 Å². The molecule has 0 spiro atoms. The Bertz CT molecular complexity index is 1240. The first-order chi connectivity index (χ1) is 14.0. The number of anilines is 2. The summed E-state index contributed by atoms with van der Waals surface area (Å²) in [7, 11) is 1.60. The molecule has 0 saturated carbocycles. The number of H-pyrrole nitrogens is 1. The Balaban J connectivity index is 1.62. The van der Waals surface area contributed by atoms with Gasteiger partial charge in [-0.15, -0.1) is 0 Å². The Labute approximate surface area is 179 Å². The van der Waals surface area contributed by atoms with Gasteiger partial charge in [0.15, 0.2) is 15.8 Å². The van der Waals surface area contributed by atoms with Crippen molar-refractivity contribution in [2.45, 2.75) is 0 Å². The lowest BCUT2D eigenvalue weighted by Gasteiger charge is -2.07. The molecule has 2 aromatic carbocycles. The van der Waals surface area contributed by atoms with Gasteiger partial charge in [-0.05, 0) is 60.7 Å². The van der Waals surface area contributed by atoms with Crippen molar-refractivity contribution in [3.63, 3.8) is 0 Å². The summed E-state index contributed by atoms with van der Waals surface area (Å²) in [6.45, 7) is 0. The molecule has 146 valence electrons.